The maximum absolute atomic E-state index is 13.4. The predicted molar refractivity (Wildman–Crippen MR) is 57.4 cm³/mol. The van der Waals surface area contributed by atoms with Gasteiger partial charge in [0.25, 0.3) is 0 Å². The summed E-state index contributed by atoms with van der Waals surface area (Å²) in [6.45, 7) is 0. The smallest absolute Gasteiger partial charge is 0.154 e. The van der Waals surface area contributed by atoms with Crippen molar-refractivity contribution in [2.75, 3.05) is 0 Å². The topological polar surface area (TPSA) is 36.7 Å². The highest BCUT2D eigenvalue weighted by molar-refractivity contribution is 8.01. The van der Waals surface area contributed by atoms with Crippen LogP contribution in [-0.4, -0.2) is 4.98 Å². The Labute approximate surface area is 94.4 Å². The van der Waals surface area contributed by atoms with Gasteiger partial charge in [0.1, 0.15) is 5.82 Å². The average Bonchev–Trinajstić information content (AvgIpc) is 2.74. The third-order valence-corrected chi connectivity index (χ3v) is 3.60. The van der Waals surface area contributed by atoms with Crippen LogP contribution in [-0.2, 0) is 0 Å². The molecule has 0 bridgehead atoms. The summed E-state index contributed by atoms with van der Waals surface area (Å²) in [4.78, 5) is 4.53. The largest absolute Gasteiger partial charge is 0.238 e. The maximum atomic E-state index is 13.4. The number of nitriles is 1. The number of hydrogen-bond donors (Lipinski definition) is 0. The Hall–Kier alpha value is -1.38. The number of benzene rings is 1. The highest BCUT2D eigenvalue weighted by atomic mass is 32.2. The lowest BCUT2D eigenvalue weighted by Gasteiger charge is -1.99. The van der Waals surface area contributed by atoms with Crippen molar-refractivity contribution >= 4 is 23.1 Å². The predicted octanol–water partition coefficient (Wildman–Crippen LogP) is 3.31. The van der Waals surface area contributed by atoms with Crippen LogP contribution in [0.1, 0.15) is 5.56 Å². The molecule has 0 aliphatic heterocycles. The molecule has 2 aromatic rings. The van der Waals surface area contributed by atoms with Crippen molar-refractivity contribution in [2.24, 2.45) is 0 Å². The number of hydrogen-bond acceptors (Lipinski definition) is 4. The fraction of sp³-hybridized carbons (Fsp3) is 0. The fourth-order valence-corrected chi connectivity index (χ4v) is 2.59. The zero-order valence-electron chi connectivity index (χ0n) is 7.48. The number of nitrogens with zero attached hydrogens (tertiary/aromatic N) is 2. The molecule has 0 atom stereocenters. The van der Waals surface area contributed by atoms with Crippen molar-refractivity contribution in [3.8, 4) is 6.07 Å². The van der Waals surface area contributed by atoms with Crippen molar-refractivity contribution in [3.63, 3.8) is 0 Å². The van der Waals surface area contributed by atoms with E-state index in [2.05, 4.69) is 4.98 Å². The molecular formula is C10H5FN2S2. The van der Waals surface area contributed by atoms with Crippen LogP contribution < -0.4 is 0 Å². The van der Waals surface area contributed by atoms with Gasteiger partial charge in [-0.3, -0.25) is 0 Å². The number of rotatable bonds is 2. The van der Waals surface area contributed by atoms with Crippen LogP contribution in [0.5, 0.6) is 0 Å². The average molecular weight is 236 g/mol. The molecule has 0 unspecified atom stereocenters. The molecule has 0 spiro atoms. The molecule has 0 amide bonds. The van der Waals surface area contributed by atoms with Crippen molar-refractivity contribution in [2.45, 2.75) is 9.24 Å². The van der Waals surface area contributed by atoms with Gasteiger partial charge in [-0.15, -0.1) is 11.3 Å². The summed E-state index contributed by atoms with van der Waals surface area (Å²) in [5, 5.41) is 10.4. The molecule has 0 aliphatic rings. The molecule has 5 heteroatoms. The first-order valence-corrected chi connectivity index (χ1v) is 5.76. The second-order valence-corrected chi connectivity index (χ2v) is 4.84. The summed E-state index contributed by atoms with van der Waals surface area (Å²) < 4.78 is 14.2. The van der Waals surface area contributed by atoms with Crippen molar-refractivity contribution in [3.05, 3.63) is 41.2 Å². The first-order chi connectivity index (χ1) is 7.29. The van der Waals surface area contributed by atoms with Gasteiger partial charge in [-0.05, 0) is 18.2 Å². The second-order valence-electron chi connectivity index (χ2n) is 2.66. The Morgan fingerprint density at radius 3 is 2.93 bits per heavy atom. The van der Waals surface area contributed by atoms with E-state index in [0.717, 1.165) is 4.34 Å². The molecule has 74 valence electrons. The van der Waals surface area contributed by atoms with E-state index in [4.69, 9.17) is 5.26 Å². The van der Waals surface area contributed by atoms with Crippen molar-refractivity contribution in [1.82, 2.24) is 4.98 Å². The summed E-state index contributed by atoms with van der Waals surface area (Å²) in [6, 6.07) is 6.32. The minimum atomic E-state index is -0.380. The maximum Gasteiger partial charge on any atom is 0.154 e. The molecule has 0 saturated carbocycles. The minimum absolute atomic E-state index is 0.330. The molecule has 0 saturated heterocycles. The van der Waals surface area contributed by atoms with E-state index in [9.17, 15) is 4.39 Å². The van der Waals surface area contributed by atoms with Crippen molar-refractivity contribution in [1.29, 1.82) is 5.26 Å². The summed E-state index contributed by atoms with van der Waals surface area (Å²) >= 11 is 2.72. The number of thiazole rings is 1. The van der Waals surface area contributed by atoms with Crippen LogP contribution in [0.4, 0.5) is 4.39 Å². The SMILES string of the molecule is N#Cc1ccc(Sc2nccs2)c(F)c1. The van der Waals surface area contributed by atoms with E-state index >= 15 is 0 Å². The summed E-state index contributed by atoms with van der Waals surface area (Å²) in [6.07, 6.45) is 1.68. The first-order valence-electron chi connectivity index (χ1n) is 4.06. The lowest BCUT2D eigenvalue weighted by Crippen LogP contribution is -1.83. The third kappa shape index (κ3) is 2.35. The zero-order valence-corrected chi connectivity index (χ0v) is 9.11. The molecule has 1 aromatic heterocycles. The van der Waals surface area contributed by atoms with Gasteiger partial charge < -0.3 is 0 Å². The van der Waals surface area contributed by atoms with E-state index in [1.807, 2.05) is 11.4 Å². The third-order valence-electron chi connectivity index (χ3n) is 1.67. The molecule has 0 aliphatic carbocycles. The van der Waals surface area contributed by atoms with Gasteiger partial charge in [0.05, 0.1) is 16.5 Å². The van der Waals surface area contributed by atoms with Gasteiger partial charge in [0.15, 0.2) is 4.34 Å². The summed E-state index contributed by atoms with van der Waals surface area (Å²) in [7, 11) is 0. The normalized spacial score (nSPS) is 9.87. The molecular weight excluding hydrogens is 231 g/mol. The lowest BCUT2D eigenvalue weighted by molar-refractivity contribution is 0.601. The van der Waals surface area contributed by atoms with Gasteiger partial charge in [-0.25, -0.2) is 9.37 Å². The summed E-state index contributed by atoms with van der Waals surface area (Å²) in [5.74, 6) is -0.380. The number of halogens is 1. The Balaban J connectivity index is 2.27. The van der Waals surface area contributed by atoms with Gasteiger partial charge in [0.2, 0.25) is 0 Å². The molecule has 2 rings (SSSR count). The van der Waals surface area contributed by atoms with Crippen LogP contribution in [0.3, 0.4) is 0 Å². The highest BCUT2D eigenvalue weighted by Crippen LogP contribution is 2.31. The van der Waals surface area contributed by atoms with Crippen molar-refractivity contribution < 1.29 is 4.39 Å². The molecule has 0 fully saturated rings. The molecule has 2 nitrogen and oxygen atoms in total. The van der Waals surface area contributed by atoms with Gasteiger partial charge in [-0.2, -0.15) is 5.26 Å². The van der Waals surface area contributed by atoms with E-state index in [0.29, 0.717) is 10.5 Å². The molecule has 1 aromatic carbocycles. The molecule has 0 N–H and O–H groups in total. The molecule has 0 radical (unpaired) electrons. The summed E-state index contributed by atoms with van der Waals surface area (Å²) in [5.41, 5.74) is 0.330. The van der Waals surface area contributed by atoms with Gasteiger partial charge in [-0.1, -0.05) is 11.8 Å². The van der Waals surface area contributed by atoms with E-state index in [-0.39, 0.29) is 5.82 Å². The first kappa shape index (κ1) is 10.1. The van der Waals surface area contributed by atoms with Crippen LogP contribution in [0.15, 0.2) is 39.0 Å². The molecule has 1 heterocycles. The minimum Gasteiger partial charge on any atom is -0.238 e. The standard InChI is InChI=1S/C10H5FN2S2/c11-8-5-7(6-12)1-2-9(8)15-10-13-3-4-14-10/h1-5H. The van der Waals surface area contributed by atoms with Gasteiger partial charge >= 0.3 is 0 Å². The number of aromatic nitrogens is 1. The second kappa shape index (κ2) is 4.43. The highest BCUT2D eigenvalue weighted by Gasteiger charge is 2.06. The van der Waals surface area contributed by atoms with E-state index in [1.54, 1.807) is 18.3 Å². The van der Waals surface area contributed by atoms with E-state index < -0.39 is 0 Å². The van der Waals surface area contributed by atoms with Gasteiger partial charge in [0, 0.05) is 11.6 Å². The Morgan fingerprint density at radius 1 is 1.47 bits per heavy atom. The van der Waals surface area contributed by atoms with Crippen LogP contribution in [0, 0.1) is 17.1 Å². The van der Waals surface area contributed by atoms with Crippen LogP contribution >= 0.6 is 23.1 Å². The molecule has 15 heavy (non-hydrogen) atoms. The lowest BCUT2D eigenvalue weighted by atomic mass is 10.2. The Bertz CT molecular complexity index is 503. The van der Waals surface area contributed by atoms with Crippen LogP contribution in [0.25, 0.3) is 0 Å². The Kier molecular flexibility index (Phi) is 2.99. The monoisotopic (exact) mass is 236 g/mol. The van der Waals surface area contributed by atoms with E-state index in [1.165, 1.54) is 29.2 Å². The quantitative estimate of drug-likeness (QED) is 0.802. The Morgan fingerprint density at radius 2 is 2.33 bits per heavy atom. The van der Waals surface area contributed by atoms with Crippen LogP contribution in [0.2, 0.25) is 0 Å². The fourth-order valence-electron chi connectivity index (χ4n) is 1.01. The zero-order chi connectivity index (χ0) is 10.7.